The molecule has 6 nitrogen and oxygen atoms in total. The maximum atomic E-state index is 12.8. The number of amides is 2. The summed E-state index contributed by atoms with van der Waals surface area (Å²) in [5.74, 6) is 0.249. The minimum atomic E-state index is -0.593. The van der Waals surface area contributed by atoms with Gasteiger partial charge in [-0.1, -0.05) is 55.8 Å². The first kappa shape index (κ1) is 21.4. The number of nitrogens with one attached hydrogen (secondary N) is 2. The van der Waals surface area contributed by atoms with E-state index in [9.17, 15) is 9.59 Å². The molecule has 0 saturated heterocycles. The molecule has 1 aliphatic heterocycles. The van der Waals surface area contributed by atoms with E-state index in [-0.39, 0.29) is 12.6 Å². The van der Waals surface area contributed by atoms with Crippen LogP contribution in [0.15, 0.2) is 65.9 Å². The number of hydrogen-bond acceptors (Lipinski definition) is 4. The SMILES string of the molecule is CCCCC1=C(C(=O)OCC)C(c2cccc(OCc3ccccc3)c2)NC(=O)N1. The summed E-state index contributed by atoms with van der Waals surface area (Å²) in [5, 5.41) is 5.66. The fraction of sp³-hybridized carbons (Fsp3) is 0.333. The van der Waals surface area contributed by atoms with Crippen LogP contribution in [0.1, 0.15) is 50.3 Å². The third-order valence-electron chi connectivity index (χ3n) is 4.87. The van der Waals surface area contributed by atoms with E-state index in [0.29, 0.717) is 30.0 Å². The molecule has 0 bridgehead atoms. The van der Waals surface area contributed by atoms with Crippen LogP contribution in [0.25, 0.3) is 0 Å². The van der Waals surface area contributed by atoms with Crippen molar-refractivity contribution < 1.29 is 19.1 Å². The molecule has 2 aromatic rings. The van der Waals surface area contributed by atoms with E-state index < -0.39 is 12.0 Å². The molecule has 0 radical (unpaired) electrons. The van der Waals surface area contributed by atoms with Crippen molar-refractivity contribution >= 4 is 12.0 Å². The number of urea groups is 1. The molecule has 1 unspecified atom stereocenters. The maximum absolute atomic E-state index is 12.8. The lowest BCUT2D eigenvalue weighted by molar-refractivity contribution is -0.139. The molecule has 0 saturated carbocycles. The van der Waals surface area contributed by atoms with Crippen molar-refractivity contribution in [1.29, 1.82) is 0 Å². The van der Waals surface area contributed by atoms with Crippen LogP contribution >= 0.6 is 0 Å². The van der Waals surface area contributed by atoms with Crippen LogP contribution < -0.4 is 15.4 Å². The lowest BCUT2D eigenvalue weighted by Gasteiger charge is -2.29. The molecule has 6 heteroatoms. The number of hydrogen-bond donors (Lipinski definition) is 2. The molecule has 30 heavy (non-hydrogen) atoms. The Hall–Kier alpha value is -3.28. The Morgan fingerprint density at radius 1 is 1.07 bits per heavy atom. The molecule has 3 rings (SSSR count). The molecule has 0 aromatic heterocycles. The second kappa shape index (κ2) is 10.5. The monoisotopic (exact) mass is 408 g/mol. The molecule has 2 aromatic carbocycles. The molecule has 0 spiro atoms. The van der Waals surface area contributed by atoms with Crippen LogP contribution in [0.3, 0.4) is 0 Å². The van der Waals surface area contributed by atoms with Crippen LogP contribution in [-0.2, 0) is 16.1 Å². The van der Waals surface area contributed by atoms with Gasteiger partial charge in [-0.15, -0.1) is 0 Å². The average molecular weight is 408 g/mol. The Kier molecular flexibility index (Phi) is 7.49. The van der Waals surface area contributed by atoms with Gasteiger partial charge >= 0.3 is 12.0 Å². The minimum Gasteiger partial charge on any atom is -0.489 e. The van der Waals surface area contributed by atoms with Crippen LogP contribution in [0, 0.1) is 0 Å². The zero-order chi connectivity index (χ0) is 21.3. The van der Waals surface area contributed by atoms with E-state index in [4.69, 9.17) is 9.47 Å². The van der Waals surface area contributed by atoms with E-state index in [0.717, 1.165) is 24.0 Å². The number of carbonyl (C=O) groups excluding carboxylic acids is 2. The molecule has 1 atom stereocenters. The largest absolute Gasteiger partial charge is 0.489 e. The first-order chi connectivity index (χ1) is 14.6. The molecule has 158 valence electrons. The predicted molar refractivity (Wildman–Crippen MR) is 115 cm³/mol. The highest BCUT2D eigenvalue weighted by molar-refractivity contribution is 5.95. The Morgan fingerprint density at radius 3 is 2.60 bits per heavy atom. The summed E-state index contributed by atoms with van der Waals surface area (Å²) in [4.78, 5) is 25.1. The third-order valence-corrected chi connectivity index (χ3v) is 4.87. The van der Waals surface area contributed by atoms with Crippen LogP contribution in [0.2, 0.25) is 0 Å². The van der Waals surface area contributed by atoms with Gasteiger partial charge in [0.1, 0.15) is 12.4 Å². The second-order valence-electron chi connectivity index (χ2n) is 7.09. The standard InChI is InChI=1S/C24H28N2O4/c1-3-5-14-20-21(23(27)29-4-2)22(26-24(28)25-20)18-12-9-13-19(15-18)30-16-17-10-7-6-8-11-17/h6-13,15,22H,3-5,14,16H2,1-2H3,(H2,25,26,28). The average Bonchev–Trinajstić information content (AvgIpc) is 2.77. The van der Waals surface area contributed by atoms with Gasteiger partial charge in [-0.3, -0.25) is 0 Å². The van der Waals surface area contributed by atoms with E-state index in [1.807, 2.05) is 54.6 Å². The Morgan fingerprint density at radius 2 is 1.87 bits per heavy atom. The number of rotatable bonds is 9. The van der Waals surface area contributed by atoms with E-state index >= 15 is 0 Å². The fourth-order valence-corrected chi connectivity index (χ4v) is 3.39. The van der Waals surface area contributed by atoms with E-state index in [1.54, 1.807) is 6.92 Å². The van der Waals surface area contributed by atoms with Gasteiger partial charge in [0.2, 0.25) is 0 Å². The number of allylic oxidation sites excluding steroid dienone is 1. The van der Waals surface area contributed by atoms with Gasteiger partial charge in [-0.2, -0.15) is 0 Å². The van der Waals surface area contributed by atoms with Gasteiger partial charge in [0.25, 0.3) is 0 Å². The summed E-state index contributed by atoms with van der Waals surface area (Å²) >= 11 is 0. The van der Waals surface area contributed by atoms with Crippen molar-refractivity contribution in [2.24, 2.45) is 0 Å². The number of unbranched alkanes of at least 4 members (excludes halogenated alkanes) is 1. The van der Waals surface area contributed by atoms with Crippen molar-refractivity contribution in [1.82, 2.24) is 10.6 Å². The molecule has 0 aliphatic carbocycles. The normalized spacial score (nSPS) is 15.9. The van der Waals surface area contributed by atoms with Gasteiger partial charge in [0.15, 0.2) is 0 Å². The molecule has 2 N–H and O–H groups in total. The third kappa shape index (κ3) is 5.41. The van der Waals surface area contributed by atoms with Gasteiger partial charge < -0.3 is 20.1 Å². The maximum Gasteiger partial charge on any atom is 0.338 e. The summed E-state index contributed by atoms with van der Waals surface area (Å²) in [5.41, 5.74) is 2.91. The van der Waals surface area contributed by atoms with Gasteiger partial charge in [0, 0.05) is 5.70 Å². The Labute approximate surface area is 177 Å². The topological polar surface area (TPSA) is 76.7 Å². The van der Waals surface area contributed by atoms with Crippen molar-refractivity contribution in [2.45, 2.75) is 45.8 Å². The molecule has 2 amide bonds. The van der Waals surface area contributed by atoms with E-state index in [1.165, 1.54) is 0 Å². The smallest absolute Gasteiger partial charge is 0.338 e. The molecular weight excluding hydrogens is 380 g/mol. The van der Waals surface area contributed by atoms with Crippen molar-refractivity contribution in [2.75, 3.05) is 6.61 Å². The summed E-state index contributed by atoms with van der Waals surface area (Å²) < 4.78 is 11.2. The van der Waals surface area contributed by atoms with Crippen LogP contribution in [0.4, 0.5) is 4.79 Å². The van der Waals surface area contributed by atoms with E-state index in [2.05, 4.69) is 17.6 Å². The van der Waals surface area contributed by atoms with Gasteiger partial charge in [-0.25, -0.2) is 9.59 Å². The number of esters is 1. The molecule has 1 heterocycles. The minimum absolute atomic E-state index is 0.268. The second-order valence-corrected chi connectivity index (χ2v) is 7.09. The highest BCUT2D eigenvalue weighted by Gasteiger charge is 2.33. The van der Waals surface area contributed by atoms with Crippen molar-refractivity contribution in [3.8, 4) is 5.75 Å². The predicted octanol–water partition coefficient (Wildman–Crippen LogP) is 4.63. The van der Waals surface area contributed by atoms with Crippen LogP contribution in [0.5, 0.6) is 5.75 Å². The lowest BCUT2D eigenvalue weighted by Crippen LogP contribution is -2.46. The quantitative estimate of drug-likeness (QED) is 0.593. The summed E-state index contributed by atoms with van der Waals surface area (Å²) in [6.45, 7) is 4.54. The number of benzene rings is 2. The number of ether oxygens (including phenoxy) is 2. The lowest BCUT2D eigenvalue weighted by atomic mass is 9.93. The fourth-order valence-electron chi connectivity index (χ4n) is 3.39. The summed E-state index contributed by atoms with van der Waals surface area (Å²) in [6, 6.07) is 16.4. The zero-order valence-electron chi connectivity index (χ0n) is 17.4. The number of carbonyl (C=O) groups is 2. The summed E-state index contributed by atoms with van der Waals surface area (Å²) in [6.07, 6.45) is 2.43. The highest BCUT2D eigenvalue weighted by Crippen LogP contribution is 2.31. The van der Waals surface area contributed by atoms with Gasteiger partial charge in [-0.05, 0) is 43.0 Å². The molecular formula is C24H28N2O4. The first-order valence-electron chi connectivity index (χ1n) is 10.4. The Balaban J connectivity index is 1.88. The van der Waals surface area contributed by atoms with Crippen molar-refractivity contribution in [3.05, 3.63) is 77.0 Å². The van der Waals surface area contributed by atoms with Crippen LogP contribution in [-0.4, -0.2) is 18.6 Å². The van der Waals surface area contributed by atoms with Crippen molar-refractivity contribution in [3.63, 3.8) is 0 Å². The molecule has 0 fully saturated rings. The molecule has 1 aliphatic rings. The summed E-state index contributed by atoms with van der Waals surface area (Å²) in [7, 11) is 0. The first-order valence-corrected chi connectivity index (χ1v) is 10.4. The van der Waals surface area contributed by atoms with Gasteiger partial charge in [0.05, 0.1) is 18.2 Å². The highest BCUT2D eigenvalue weighted by atomic mass is 16.5. The Bertz CT molecular complexity index is 908. The zero-order valence-corrected chi connectivity index (χ0v) is 17.4.